The molecule has 0 aromatic heterocycles. The molecule has 0 fully saturated rings. The lowest BCUT2D eigenvalue weighted by molar-refractivity contribution is 0.241. The molecule has 0 bridgehead atoms. The second-order valence-corrected chi connectivity index (χ2v) is 7.12. The fourth-order valence-electron chi connectivity index (χ4n) is 3.15. The summed E-state index contributed by atoms with van der Waals surface area (Å²) >= 11 is 0. The first-order valence-electron chi connectivity index (χ1n) is 10.9. The van der Waals surface area contributed by atoms with E-state index in [1.807, 2.05) is 0 Å². The van der Waals surface area contributed by atoms with Crippen molar-refractivity contribution in [2.45, 2.75) is 110 Å². The summed E-state index contributed by atoms with van der Waals surface area (Å²) < 4.78 is 0. The fraction of sp³-hybridized carbons (Fsp3) is 0.909. The standard InChI is InChI=1S/C22H45NO/c1-3-5-6-7-8-9-10-11-12-13-14-15-16-17-18-19-20-23(4-2)21-22-24/h19-20,24H,3-18,21-22H2,1-2H3. The Morgan fingerprint density at radius 2 is 1.12 bits per heavy atom. The van der Waals surface area contributed by atoms with Crippen molar-refractivity contribution in [3.05, 3.63) is 12.3 Å². The minimum atomic E-state index is 0.247. The maximum absolute atomic E-state index is 8.93. The molecule has 0 aromatic carbocycles. The summed E-state index contributed by atoms with van der Waals surface area (Å²) in [6.07, 6.45) is 25.5. The monoisotopic (exact) mass is 339 g/mol. The van der Waals surface area contributed by atoms with Crippen LogP contribution in [-0.2, 0) is 0 Å². The Bertz CT molecular complexity index is 252. The van der Waals surface area contributed by atoms with Crippen molar-refractivity contribution in [1.82, 2.24) is 4.90 Å². The van der Waals surface area contributed by atoms with E-state index in [0.29, 0.717) is 0 Å². The maximum atomic E-state index is 8.93. The van der Waals surface area contributed by atoms with Gasteiger partial charge in [-0.2, -0.15) is 0 Å². The van der Waals surface area contributed by atoms with Crippen molar-refractivity contribution in [2.75, 3.05) is 19.7 Å². The van der Waals surface area contributed by atoms with E-state index >= 15 is 0 Å². The number of aliphatic hydroxyl groups is 1. The molecule has 0 aromatic rings. The molecular formula is C22H45NO. The number of rotatable bonds is 19. The van der Waals surface area contributed by atoms with Crippen LogP contribution in [0.15, 0.2) is 12.3 Å². The summed E-state index contributed by atoms with van der Waals surface area (Å²) in [7, 11) is 0. The molecule has 2 heteroatoms. The molecule has 0 rings (SSSR count). The van der Waals surface area contributed by atoms with Crippen LogP contribution in [0.4, 0.5) is 0 Å². The first-order valence-corrected chi connectivity index (χ1v) is 10.9. The van der Waals surface area contributed by atoms with Crippen LogP contribution in [0.5, 0.6) is 0 Å². The van der Waals surface area contributed by atoms with Gasteiger partial charge in [0.2, 0.25) is 0 Å². The lowest BCUT2D eigenvalue weighted by Gasteiger charge is -2.15. The number of nitrogens with zero attached hydrogens (tertiary/aromatic N) is 1. The van der Waals surface area contributed by atoms with Crippen LogP contribution >= 0.6 is 0 Å². The summed E-state index contributed by atoms with van der Waals surface area (Å²) in [5.41, 5.74) is 0. The van der Waals surface area contributed by atoms with Crippen LogP contribution in [0, 0.1) is 0 Å². The van der Waals surface area contributed by atoms with Gasteiger partial charge in [0.15, 0.2) is 0 Å². The zero-order valence-corrected chi connectivity index (χ0v) is 16.8. The van der Waals surface area contributed by atoms with Gasteiger partial charge in [0.05, 0.1) is 6.61 Å². The molecule has 0 aliphatic rings. The number of likely N-dealkylation sites (N-methyl/N-ethyl adjacent to an activating group) is 1. The normalized spacial score (nSPS) is 11.5. The van der Waals surface area contributed by atoms with Crippen LogP contribution in [-0.4, -0.2) is 29.7 Å². The predicted octanol–water partition coefficient (Wildman–Crippen LogP) is 6.69. The Morgan fingerprint density at radius 1 is 0.667 bits per heavy atom. The maximum Gasteiger partial charge on any atom is 0.0606 e. The molecule has 144 valence electrons. The lowest BCUT2D eigenvalue weighted by atomic mass is 10.0. The van der Waals surface area contributed by atoms with Crippen molar-refractivity contribution in [3.63, 3.8) is 0 Å². The van der Waals surface area contributed by atoms with E-state index in [-0.39, 0.29) is 6.61 Å². The first kappa shape index (κ1) is 23.5. The molecule has 2 nitrogen and oxygen atoms in total. The van der Waals surface area contributed by atoms with Gasteiger partial charge in [-0.1, -0.05) is 96.5 Å². The van der Waals surface area contributed by atoms with Gasteiger partial charge in [0.1, 0.15) is 0 Å². The molecule has 0 saturated heterocycles. The SMILES string of the molecule is CCCCCCCCCCCCCCCCC=CN(CC)CCO. The van der Waals surface area contributed by atoms with Crippen molar-refractivity contribution in [2.24, 2.45) is 0 Å². The molecule has 0 atom stereocenters. The minimum absolute atomic E-state index is 0.247. The molecule has 0 saturated carbocycles. The second-order valence-electron chi connectivity index (χ2n) is 7.12. The van der Waals surface area contributed by atoms with Gasteiger partial charge < -0.3 is 10.0 Å². The zero-order chi connectivity index (χ0) is 17.7. The highest BCUT2D eigenvalue weighted by molar-refractivity contribution is 4.81. The fourth-order valence-corrected chi connectivity index (χ4v) is 3.15. The van der Waals surface area contributed by atoms with Crippen LogP contribution in [0.3, 0.4) is 0 Å². The summed E-state index contributed by atoms with van der Waals surface area (Å²) in [4.78, 5) is 2.17. The van der Waals surface area contributed by atoms with Crippen molar-refractivity contribution >= 4 is 0 Å². The molecule has 0 amide bonds. The largest absolute Gasteiger partial charge is 0.395 e. The zero-order valence-electron chi connectivity index (χ0n) is 16.8. The van der Waals surface area contributed by atoms with Gasteiger partial charge in [-0.25, -0.2) is 0 Å². The van der Waals surface area contributed by atoms with Crippen molar-refractivity contribution < 1.29 is 5.11 Å². The molecule has 0 aliphatic heterocycles. The highest BCUT2D eigenvalue weighted by atomic mass is 16.3. The number of hydrogen-bond acceptors (Lipinski definition) is 2. The van der Waals surface area contributed by atoms with Crippen LogP contribution in [0.25, 0.3) is 0 Å². The van der Waals surface area contributed by atoms with Gasteiger partial charge >= 0.3 is 0 Å². The number of unbranched alkanes of at least 4 members (excludes halogenated alkanes) is 14. The van der Waals surface area contributed by atoms with Crippen LogP contribution in [0.1, 0.15) is 110 Å². The molecular weight excluding hydrogens is 294 g/mol. The molecule has 0 heterocycles. The second kappa shape index (κ2) is 20.5. The molecule has 0 spiro atoms. The van der Waals surface area contributed by atoms with Gasteiger partial charge in [0, 0.05) is 13.1 Å². The van der Waals surface area contributed by atoms with Gasteiger partial charge in [-0.15, -0.1) is 0 Å². The van der Waals surface area contributed by atoms with E-state index < -0.39 is 0 Å². The smallest absolute Gasteiger partial charge is 0.0606 e. The summed E-state index contributed by atoms with van der Waals surface area (Å²) in [6, 6.07) is 0. The van der Waals surface area contributed by atoms with E-state index in [0.717, 1.165) is 13.1 Å². The summed E-state index contributed by atoms with van der Waals surface area (Å²) in [5, 5.41) is 8.93. The Morgan fingerprint density at radius 3 is 1.54 bits per heavy atom. The lowest BCUT2D eigenvalue weighted by Crippen LogP contribution is -2.20. The first-order chi connectivity index (χ1) is 11.8. The van der Waals surface area contributed by atoms with Gasteiger partial charge in [0.25, 0.3) is 0 Å². The Labute approximate surface area is 152 Å². The van der Waals surface area contributed by atoms with E-state index in [1.54, 1.807) is 0 Å². The van der Waals surface area contributed by atoms with Gasteiger partial charge in [-0.05, 0) is 26.0 Å². The van der Waals surface area contributed by atoms with Gasteiger partial charge in [-0.3, -0.25) is 0 Å². The molecule has 0 unspecified atom stereocenters. The highest BCUT2D eigenvalue weighted by Crippen LogP contribution is 2.13. The third-order valence-corrected chi connectivity index (χ3v) is 4.83. The molecule has 0 radical (unpaired) electrons. The van der Waals surface area contributed by atoms with E-state index in [4.69, 9.17) is 5.11 Å². The third kappa shape index (κ3) is 17.8. The third-order valence-electron chi connectivity index (χ3n) is 4.83. The molecule has 1 N–H and O–H groups in total. The Kier molecular flexibility index (Phi) is 20.1. The number of hydrogen-bond donors (Lipinski definition) is 1. The number of allylic oxidation sites excluding steroid dienone is 1. The summed E-state index contributed by atoms with van der Waals surface area (Å²) in [6.45, 7) is 6.40. The Hall–Kier alpha value is -0.500. The number of aliphatic hydroxyl groups excluding tert-OH is 1. The van der Waals surface area contributed by atoms with Crippen LogP contribution < -0.4 is 0 Å². The highest BCUT2D eigenvalue weighted by Gasteiger charge is 1.95. The molecule has 0 aliphatic carbocycles. The van der Waals surface area contributed by atoms with E-state index in [9.17, 15) is 0 Å². The molecule has 24 heavy (non-hydrogen) atoms. The average Bonchev–Trinajstić information content (AvgIpc) is 2.60. The van der Waals surface area contributed by atoms with Crippen molar-refractivity contribution in [3.8, 4) is 0 Å². The predicted molar refractivity (Wildman–Crippen MR) is 108 cm³/mol. The van der Waals surface area contributed by atoms with Crippen LogP contribution in [0.2, 0.25) is 0 Å². The average molecular weight is 340 g/mol. The topological polar surface area (TPSA) is 23.5 Å². The minimum Gasteiger partial charge on any atom is -0.395 e. The van der Waals surface area contributed by atoms with E-state index in [1.165, 1.54) is 96.3 Å². The van der Waals surface area contributed by atoms with Crippen molar-refractivity contribution in [1.29, 1.82) is 0 Å². The quantitative estimate of drug-likeness (QED) is 0.265. The Balaban J connectivity index is 3.16. The van der Waals surface area contributed by atoms with E-state index in [2.05, 4.69) is 31.0 Å². The summed E-state index contributed by atoms with van der Waals surface area (Å²) in [5.74, 6) is 0.